The van der Waals surface area contributed by atoms with Gasteiger partial charge >= 0.3 is 0 Å². The van der Waals surface area contributed by atoms with Crippen molar-refractivity contribution in [2.45, 2.75) is 58.0 Å². The molecular formula is C15H29N3O. The van der Waals surface area contributed by atoms with Gasteiger partial charge in [-0.3, -0.25) is 9.69 Å². The third-order valence-corrected chi connectivity index (χ3v) is 4.46. The minimum Gasteiger partial charge on any atom is -0.341 e. The average Bonchev–Trinajstić information content (AvgIpc) is 2.98. The zero-order chi connectivity index (χ0) is 13.7. The molecule has 0 aromatic carbocycles. The van der Waals surface area contributed by atoms with Crippen LogP contribution in [0.1, 0.15) is 46.0 Å². The molecule has 2 rings (SSSR count). The molecule has 2 heterocycles. The second-order valence-electron chi connectivity index (χ2n) is 6.00. The number of carbonyl (C=O) groups is 1. The van der Waals surface area contributed by atoms with Crippen LogP contribution in [0, 0.1) is 0 Å². The number of nitrogens with one attached hydrogen (secondary N) is 1. The van der Waals surface area contributed by atoms with Crippen molar-refractivity contribution in [2.24, 2.45) is 0 Å². The Morgan fingerprint density at radius 3 is 2.68 bits per heavy atom. The largest absolute Gasteiger partial charge is 0.341 e. The standard InChI is InChI=1S/C15H29N3O/c1-3-8-16-14-7-6-11-18(12-14)13(2)15(19)17-9-4-5-10-17/h13-14,16H,3-12H2,1-2H3. The summed E-state index contributed by atoms with van der Waals surface area (Å²) in [5.41, 5.74) is 0. The van der Waals surface area contributed by atoms with Gasteiger partial charge in [-0.15, -0.1) is 0 Å². The van der Waals surface area contributed by atoms with Crippen molar-refractivity contribution in [3.8, 4) is 0 Å². The predicted molar refractivity (Wildman–Crippen MR) is 78.2 cm³/mol. The van der Waals surface area contributed by atoms with Crippen LogP contribution in [0.4, 0.5) is 0 Å². The first-order valence-corrected chi connectivity index (χ1v) is 7.98. The maximum absolute atomic E-state index is 12.4. The van der Waals surface area contributed by atoms with Crippen molar-refractivity contribution in [2.75, 3.05) is 32.7 Å². The van der Waals surface area contributed by atoms with E-state index in [1.54, 1.807) is 0 Å². The SMILES string of the molecule is CCCNC1CCCN(C(C)C(=O)N2CCCC2)C1. The van der Waals surface area contributed by atoms with Crippen LogP contribution in [0.15, 0.2) is 0 Å². The monoisotopic (exact) mass is 267 g/mol. The minimum atomic E-state index is 0.0596. The summed E-state index contributed by atoms with van der Waals surface area (Å²) in [5, 5.41) is 3.60. The topological polar surface area (TPSA) is 35.6 Å². The van der Waals surface area contributed by atoms with Crippen molar-refractivity contribution < 1.29 is 4.79 Å². The number of piperidine rings is 1. The third-order valence-electron chi connectivity index (χ3n) is 4.46. The third kappa shape index (κ3) is 3.93. The summed E-state index contributed by atoms with van der Waals surface area (Å²) in [7, 11) is 0. The lowest BCUT2D eigenvalue weighted by Gasteiger charge is -2.37. The second-order valence-corrected chi connectivity index (χ2v) is 6.00. The van der Waals surface area contributed by atoms with Gasteiger partial charge in [0.25, 0.3) is 0 Å². The van der Waals surface area contributed by atoms with Gasteiger partial charge in [0.2, 0.25) is 5.91 Å². The van der Waals surface area contributed by atoms with E-state index >= 15 is 0 Å². The highest BCUT2D eigenvalue weighted by Crippen LogP contribution is 2.17. The van der Waals surface area contributed by atoms with Gasteiger partial charge in [-0.05, 0) is 52.1 Å². The quantitative estimate of drug-likeness (QED) is 0.819. The fraction of sp³-hybridized carbons (Fsp3) is 0.933. The van der Waals surface area contributed by atoms with Crippen LogP contribution in [0.25, 0.3) is 0 Å². The Kier molecular flexibility index (Phi) is 5.64. The maximum atomic E-state index is 12.4. The Bertz CT molecular complexity index is 289. The van der Waals surface area contributed by atoms with Crippen LogP contribution >= 0.6 is 0 Å². The highest BCUT2D eigenvalue weighted by molar-refractivity contribution is 5.81. The highest BCUT2D eigenvalue weighted by atomic mass is 16.2. The van der Waals surface area contributed by atoms with Crippen molar-refractivity contribution in [1.82, 2.24) is 15.1 Å². The normalized spacial score (nSPS) is 26.6. The van der Waals surface area contributed by atoms with Gasteiger partial charge in [-0.25, -0.2) is 0 Å². The first-order chi connectivity index (χ1) is 9.22. The van der Waals surface area contributed by atoms with E-state index in [4.69, 9.17) is 0 Å². The summed E-state index contributed by atoms with van der Waals surface area (Å²) >= 11 is 0. The first kappa shape index (κ1) is 14.8. The molecule has 0 bridgehead atoms. The van der Waals surface area contributed by atoms with Gasteiger partial charge in [0.15, 0.2) is 0 Å². The molecular weight excluding hydrogens is 238 g/mol. The number of likely N-dealkylation sites (tertiary alicyclic amines) is 2. The molecule has 2 fully saturated rings. The summed E-state index contributed by atoms with van der Waals surface area (Å²) < 4.78 is 0. The minimum absolute atomic E-state index is 0.0596. The predicted octanol–water partition coefficient (Wildman–Crippen LogP) is 1.46. The fourth-order valence-corrected chi connectivity index (χ4v) is 3.23. The van der Waals surface area contributed by atoms with Crippen LogP contribution in [-0.4, -0.2) is 60.5 Å². The van der Waals surface area contributed by atoms with E-state index in [1.165, 1.54) is 32.1 Å². The van der Waals surface area contributed by atoms with Crippen molar-refractivity contribution in [3.05, 3.63) is 0 Å². The molecule has 19 heavy (non-hydrogen) atoms. The van der Waals surface area contributed by atoms with Crippen LogP contribution < -0.4 is 5.32 Å². The van der Waals surface area contributed by atoms with Crippen LogP contribution in [0.3, 0.4) is 0 Å². The molecule has 4 heteroatoms. The molecule has 2 saturated heterocycles. The van der Waals surface area contributed by atoms with Gasteiger partial charge in [-0.2, -0.15) is 0 Å². The zero-order valence-corrected chi connectivity index (χ0v) is 12.5. The number of carbonyl (C=O) groups excluding carboxylic acids is 1. The molecule has 1 N–H and O–H groups in total. The zero-order valence-electron chi connectivity index (χ0n) is 12.5. The highest BCUT2D eigenvalue weighted by Gasteiger charge is 2.30. The smallest absolute Gasteiger partial charge is 0.239 e. The molecule has 2 atom stereocenters. The molecule has 0 aromatic heterocycles. The van der Waals surface area contributed by atoms with Gasteiger partial charge in [0.05, 0.1) is 6.04 Å². The van der Waals surface area contributed by atoms with E-state index in [9.17, 15) is 4.79 Å². The molecule has 0 aromatic rings. The van der Waals surface area contributed by atoms with Gasteiger partial charge < -0.3 is 10.2 Å². The number of hydrogen-bond acceptors (Lipinski definition) is 3. The molecule has 1 amide bonds. The van der Waals surface area contributed by atoms with Gasteiger partial charge in [-0.1, -0.05) is 6.92 Å². The Morgan fingerprint density at radius 1 is 1.26 bits per heavy atom. The summed E-state index contributed by atoms with van der Waals surface area (Å²) in [6.07, 6.45) is 6.00. The van der Waals surface area contributed by atoms with E-state index < -0.39 is 0 Å². The van der Waals surface area contributed by atoms with E-state index in [1.807, 2.05) is 4.90 Å². The maximum Gasteiger partial charge on any atom is 0.239 e. The number of rotatable bonds is 5. The average molecular weight is 267 g/mol. The summed E-state index contributed by atoms with van der Waals surface area (Å²) in [6, 6.07) is 0.631. The molecule has 0 spiro atoms. The van der Waals surface area contributed by atoms with E-state index in [0.717, 1.165) is 32.7 Å². The molecule has 4 nitrogen and oxygen atoms in total. The Labute approximate surface area is 117 Å². The number of amides is 1. The molecule has 0 aliphatic carbocycles. The summed E-state index contributed by atoms with van der Waals surface area (Å²) in [6.45, 7) is 9.41. The fourth-order valence-electron chi connectivity index (χ4n) is 3.23. The lowest BCUT2D eigenvalue weighted by Crippen LogP contribution is -2.53. The van der Waals surface area contributed by atoms with Crippen molar-refractivity contribution in [3.63, 3.8) is 0 Å². The van der Waals surface area contributed by atoms with Gasteiger partial charge in [0, 0.05) is 25.7 Å². The number of hydrogen-bond donors (Lipinski definition) is 1. The lowest BCUT2D eigenvalue weighted by atomic mass is 10.0. The van der Waals surface area contributed by atoms with Crippen molar-refractivity contribution >= 4 is 5.91 Å². The molecule has 110 valence electrons. The Hall–Kier alpha value is -0.610. The summed E-state index contributed by atoms with van der Waals surface area (Å²) in [4.78, 5) is 16.9. The van der Waals surface area contributed by atoms with E-state index in [2.05, 4.69) is 24.1 Å². The van der Waals surface area contributed by atoms with E-state index in [0.29, 0.717) is 11.9 Å². The lowest BCUT2D eigenvalue weighted by molar-refractivity contribution is -0.135. The summed E-state index contributed by atoms with van der Waals surface area (Å²) in [5.74, 6) is 0.341. The second kappa shape index (κ2) is 7.25. The molecule has 2 aliphatic heterocycles. The van der Waals surface area contributed by atoms with Crippen LogP contribution in [0.2, 0.25) is 0 Å². The molecule has 0 radical (unpaired) electrons. The van der Waals surface area contributed by atoms with Crippen LogP contribution in [0.5, 0.6) is 0 Å². The van der Waals surface area contributed by atoms with Gasteiger partial charge in [0.1, 0.15) is 0 Å². The van der Waals surface area contributed by atoms with E-state index in [-0.39, 0.29) is 6.04 Å². The van der Waals surface area contributed by atoms with Crippen molar-refractivity contribution in [1.29, 1.82) is 0 Å². The molecule has 0 saturated carbocycles. The van der Waals surface area contributed by atoms with Crippen LogP contribution in [-0.2, 0) is 4.79 Å². The Balaban J connectivity index is 1.83. The first-order valence-electron chi connectivity index (χ1n) is 7.98. The molecule has 2 unspecified atom stereocenters. The Morgan fingerprint density at radius 2 is 2.00 bits per heavy atom. The number of nitrogens with zero attached hydrogens (tertiary/aromatic N) is 2. The molecule has 2 aliphatic rings.